The number of aromatic nitrogens is 2. The summed E-state index contributed by atoms with van der Waals surface area (Å²) in [6.45, 7) is 9.16. The molecule has 0 saturated carbocycles. The summed E-state index contributed by atoms with van der Waals surface area (Å²) in [7, 11) is 0. The molecule has 2 rings (SSSR count). The van der Waals surface area contributed by atoms with Gasteiger partial charge in [-0.1, -0.05) is 31.1 Å². The van der Waals surface area contributed by atoms with E-state index in [1.165, 1.54) is 0 Å². The Morgan fingerprint density at radius 3 is 2.57 bits per heavy atom. The minimum atomic E-state index is -0.703. The lowest BCUT2D eigenvalue weighted by atomic mass is 9.92. The van der Waals surface area contributed by atoms with Crippen molar-refractivity contribution in [2.75, 3.05) is 6.54 Å². The zero-order chi connectivity index (χ0) is 16.9. The zero-order valence-corrected chi connectivity index (χ0v) is 14.2. The number of nitrogens with one attached hydrogen (secondary N) is 1. The molecular weight excluding hydrogens is 294 g/mol. The Balaban J connectivity index is 1.78. The molecule has 6 heteroatoms. The number of rotatable bonds is 8. The average molecular weight is 319 g/mol. The topological polar surface area (TPSA) is 80.4 Å². The Kier molecular flexibility index (Phi) is 5.74. The molecule has 0 aliphatic rings. The Hall–Kier alpha value is -1.92. The molecule has 0 radical (unpaired) electrons. The van der Waals surface area contributed by atoms with Crippen molar-refractivity contribution >= 4 is 0 Å². The highest BCUT2D eigenvalue weighted by atomic mass is 16.5. The molecule has 23 heavy (non-hydrogen) atoms. The minimum Gasteiger partial charge on any atom is -0.485 e. The first-order valence-corrected chi connectivity index (χ1v) is 7.81. The molecule has 1 unspecified atom stereocenters. The Labute approximate surface area is 136 Å². The SMILES string of the molecule is Cc1nc(COc2ccc(CNCC(C)(O)C(C)C)cc2)no1. The number of benzene rings is 1. The van der Waals surface area contributed by atoms with Crippen LogP contribution in [0.25, 0.3) is 0 Å². The second-order valence-corrected chi connectivity index (χ2v) is 6.28. The first kappa shape index (κ1) is 17.4. The van der Waals surface area contributed by atoms with E-state index in [1.54, 1.807) is 6.92 Å². The summed E-state index contributed by atoms with van der Waals surface area (Å²) < 4.78 is 10.5. The summed E-state index contributed by atoms with van der Waals surface area (Å²) in [5.74, 6) is 2.02. The molecule has 0 fully saturated rings. The van der Waals surface area contributed by atoms with Crippen LogP contribution in [-0.4, -0.2) is 27.4 Å². The van der Waals surface area contributed by atoms with E-state index in [4.69, 9.17) is 9.26 Å². The summed E-state index contributed by atoms with van der Waals surface area (Å²) in [6.07, 6.45) is 0. The van der Waals surface area contributed by atoms with Gasteiger partial charge in [0.05, 0.1) is 5.60 Å². The van der Waals surface area contributed by atoms with E-state index in [2.05, 4.69) is 15.5 Å². The third kappa shape index (κ3) is 5.33. The van der Waals surface area contributed by atoms with Gasteiger partial charge in [-0.2, -0.15) is 4.98 Å². The molecule has 0 aliphatic heterocycles. The number of hydrogen-bond donors (Lipinski definition) is 2. The van der Waals surface area contributed by atoms with Crippen LogP contribution in [0.2, 0.25) is 0 Å². The average Bonchev–Trinajstić information content (AvgIpc) is 2.92. The fraction of sp³-hybridized carbons (Fsp3) is 0.529. The van der Waals surface area contributed by atoms with Gasteiger partial charge in [-0.25, -0.2) is 0 Å². The van der Waals surface area contributed by atoms with Crippen LogP contribution in [-0.2, 0) is 13.2 Å². The standard InChI is InChI=1S/C17H25N3O3/c1-12(2)17(4,21)11-18-9-14-5-7-15(8-6-14)22-10-16-19-13(3)23-20-16/h5-8,12,18,21H,9-11H2,1-4H3. The second-order valence-electron chi connectivity index (χ2n) is 6.28. The van der Waals surface area contributed by atoms with E-state index in [1.807, 2.05) is 45.0 Å². The van der Waals surface area contributed by atoms with Gasteiger partial charge in [-0.15, -0.1) is 0 Å². The summed E-state index contributed by atoms with van der Waals surface area (Å²) >= 11 is 0. The Morgan fingerprint density at radius 2 is 2.00 bits per heavy atom. The van der Waals surface area contributed by atoms with Gasteiger partial charge >= 0.3 is 0 Å². The quantitative estimate of drug-likeness (QED) is 0.778. The van der Waals surface area contributed by atoms with E-state index < -0.39 is 5.60 Å². The van der Waals surface area contributed by atoms with Crippen LogP contribution in [0.3, 0.4) is 0 Å². The monoisotopic (exact) mass is 319 g/mol. The van der Waals surface area contributed by atoms with Crippen molar-refractivity contribution in [3.05, 3.63) is 41.5 Å². The largest absolute Gasteiger partial charge is 0.485 e. The van der Waals surface area contributed by atoms with Gasteiger partial charge in [0.2, 0.25) is 11.7 Å². The van der Waals surface area contributed by atoms with Crippen LogP contribution in [0.1, 0.15) is 38.0 Å². The van der Waals surface area contributed by atoms with Gasteiger partial charge in [0, 0.05) is 20.0 Å². The molecule has 2 aromatic rings. The van der Waals surface area contributed by atoms with Crippen molar-refractivity contribution in [2.45, 2.75) is 46.4 Å². The highest BCUT2D eigenvalue weighted by Gasteiger charge is 2.23. The van der Waals surface area contributed by atoms with E-state index in [0.717, 1.165) is 11.3 Å². The van der Waals surface area contributed by atoms with Gasteiger partial charge in [-0.05, 0) is 30.5 Å². The van der Waals surface area contributed by atoms with E-state index in [9.17, 15) is 5.11 Å². The number of hydrogen-bond acceptors (Lipinski definition) is 6. The van der Waals surface area contributed by atoms with Crippen LogP contribution < -0.4 is 10.1 Å². The lowest BCUT2D eigenvalue weighted by Crippen LogP contribution is -2.41. The molecule has 6 nitrogen and oxygen atoms in total. The number of ether oxygens (including phenoxy) is 1. The summed E-state index contributed by atoms with van der Waals surface area (Å²) in [5.41, 5.74) is 0.429. The molecule has 126 valence electrons. The normalized spacial score (nSPS) is 14.0. The molecule has 1 atom stereocenters. The van der Waals surface area contributed by atoms with Crippen LogP contribution >= 0.6 is 0 Å². The van der Waals surface area contributed by atoms with Crippen molar-refractivity contribution < 1.29 is 14.4 Å². The number of aliphatic hydroxyl groups is 1. The first-order valence-electron chi connectivity index (χ1n) is 7.81. The maximum absolute atomic E-state index is 10.2. The van der Waals surface area contributed by atoms with Crippen LogP contribution in [0.5, 0.6) is 5.75 Å². The van der Waals surface area contributed by atoms with E-state index in [-0.39, 0.29) is 12.5 Å². The third-order valence-corrected chi connectivity index (χ3v) is 3.92. The fourth-order valence-electron chi connectivity index (χ4n) is 1.92. The van der Waals surface area contributed by atoms with Crippen molar-refractivity contribution in [3.63, 3.8) is 0 Å². The van der Waals surface area contributed by atoms with Crippen LogP contribution in [0, 0.1) is 12.8 Å². The summed E-state index contributed by atoms with van der Waals surface area (Å²) in [6, 6.07) is 7.80. The second kappa shape index (κ2) is 7.57. The zero-order valence-electron chi connectivity index (χ0n) is 14.2. The fourth-order valence-corrected chi connectivity index (χ4v) is 1.92. The molecule has 0 saturated heterocycles. The predicted octanol–water partition coefficient (Wildman–Crippen LogP) is 2.45. The summed E-state index contributed by atoms with van der Waals surface area (Å²) in [5, 5.41) is 17.3. The van der Waals surface area contributed by atoms with Crippen LogP contribution in [0.4, 0.5) is 0 Å². The molecular formula is C17H25N3O3. The molecule has 0 bridgehead atoms. The third-order valence-electron chi connectivity index (χ3n) is 3.92. The van der Waals surface area contributed by atoms with E-state index >= 15 is 0 Å². The van der Waals surface area contributed by atoms with Crippen molar-refractivity contribution in [1.29, 1.82) is 0 Å². The number of nitrogens with zero attached hydrogens (tertiary/aromatic N) is 2. The molecule has 0 spiro atoms. The van der Waals surface area contributed by atoms with E-state index in [0.29, 0.717) is 24.8 Å². The lowest BCUT2D eigenvalue weighted by Gasteiger charge is -2.28. The first-order chi connectivity index (χ1) is 10.9. The smallest absolute Gasteiger partial charge is 0.223 e. The highest BCUT2D eigenvalue weighted by Crippen LogP contribution is 2.16. The molecule has 1 aromatic carbocycles. The molecule has 1 aromatic heterocycles. The van der Waals surface area contributed by atoms with Gasteiger partial charge < -0.3 is 19.7 Å². The van der Waals surface area contributed by atoms with Gasteiger partial charge in [0.1, 0.15) is 5.75 Å². The highest BCUT2D eigenvalue weighted by molar-refractivity contribution is 5.27. The molecule has 0 amide bonds. The van der Waals surface area contributed by atoms with Crippen molar-refractivity contribution in [3.8, 4) is 5.75 Å². The lowest BCUT2D eigenvalue weighted by molar-refractivity contribution is 0.0140. The van der Waals surface area contributed by atoms with Gasteiger partial charge in [-0.3, -0.25) is 0 Å². The molecule has 2 N–H and O–H groups in total. The maximum atomic E-state index is 10.2. The van der Waals surface area contributed by atoms with Crippen LogP contribution in [0.15, 0.2) is 28.8 Å². The van der Waals surface area contributed by atoms with Gasteiger partial charge in [0.15, 0.2) is 6.61 Å². The minimum absolute atomic E-state index is 0.208. The molecule has 1 heterocycles. The van der Waals surface area contributed by atoms with Gasteiger partial charge in [0.25, 0.3) is 0 Å². The summed E-state index contributed by atoms with van der Waals surface area (Å²) in [4.78, 5) is 4.08. The van der Waals surface area contributed by atoms with Crippen molar-refractivity contribution in [1.82, 2.24) is 15.5 Å². The Bertz CT molecular complexity index is 606. The predicted molar refractivity (Wildman–Crippen MR) is 87.0 cm³/mol. The van der Waals surface area contributed by atoms with Crippen molar-refractivity contribution in [2.24, 2.45) is 5.92 Å². The Morgan fingerprint density at radius 1 is 1.30 bits per heavy atom. The maximum Gasteiger partial charge on any atom is 0.223 e. The number of aryl methyl sites for hydroxylation is 1. The molecule has 0 aliphatic carbocycles.